The first-order chi connectivity index (χ1) is 10.7. The zero-order valence-corrected chi connectivity index (χ0v) is 13.2. The van der Waals surface area contributed by atoms with E-state index in [1.807, 2.05) is 13.8 Å². The fourth-order valence-corrected chi connectivity index (χ4v) is 2.59. The van der Waals surface area contributed by atoms with Crippen LogP contribution in [0.5, 0.6) is 0 Å². The highest BCUT2D eigenvalue weighted by atomic mass is 16.5. The Morgan fingerprint density at radius 2 is 2.18 bits per heavy atom. The molecule has 1 unspecified atom stereocenters. The van der Waals surface area contributed by atoms with Crippen molar-refractivity contribution in [2.75, 3.05) is 13.1 Å². The smallest absolute Gasteiger partial charge is 0.311 e. The molecule has 1 aliphatic heterocycles. The van der Waals surface area contributed by atoms with Crippen LogP contribution in [0.2, 0.25) is 0 Å². The van der Waals surface area contributed by atoms with E-state index in [2.05, 4.69) is 15.5 Å². The molecule has 8 nitrogen and oxygen atoms in total. The van der Waals surface area contributed by atoms with E-state index in [0.717, 1.165) is 25.8 Å². The van der Waals surface area contributed by atoms with Crippen molar-refractivity contribution in [1.29, 1.82) is 0 Å². The van der Waals surface area contributed by atoms with Crippen molar-refractivity contribution in [2.45, 2.75) is 52.7 Å². The van der Waals surface area contributed by atoms with Crippen molar-refractivity contribution >= 4 is 11.9 Å². The molecule has 1 amide bonds. The number of tetrazole rings is 1. The SMILES string of the molecule is CCCn1nnnc1COC(=O)C1CCCN(C(=O)CC)C1. The number of rotatable bonds is 6. The first-order valence-corrected chi connectivity index (χ1v) is 7.85. The van der Waals surface area contributed by atoms with Gasteiger partial charge in [-0.1, -0.05) is 13.8 Å². The number of carbonyl (C=O) groups excluding carboxylic acids is 2. The maximum Gasteiger partial charge on any atom is 0.311 e. The third kappa shape index (κ3) is 4.02. The van der Waals surface area contributed by atoms with Gasteiger partial charge in [-0.2, -0.15) is 0 Å². The molecular formula is C14H23N5O3. The molecule has 1 aromatic heterocycles. The van der Waals surface area contributed by atoms with Gasteiger partial charge in [0.25, 0.3) is 0 Å². The van der Waals surface area contributed by atoms with E-state index >= 15 is 0 Å². The molecular weight excluding hydrogens is 286 g/mol. The van der Waals surface area contributed by atoms with Gasteiger partial charge in [-0.05, 0) is 29.7 Å². The van der Waals surface area contributed by atoms with E-state index in [1.165, 1.54) is 0 Å². The van der Waals surface area contributed by atoms with Gasteiger partial charge in [0.15, 0.2) is 12.4 Å². The van der Waals surface area contributed by atoms with Crippen LogP contribution in [0.1, 0.15) is 45.4 Å². The summed E-state index contributed by atoms with van der Waals surface area (Å²) >= 11 is 0. The number of amides is 1. The van der Waals surface area contributed by atoms with Crippen molar-refractivity contribution < 1.29 is 14.3 Å². The minimum absolute atomic E-state index is 0.0735. The van der Waals surface area contributed by atoms with E-state index in [0.29, 0.717) is 25.3 Å². The second-order valence-electron chi connectivity index (χ2n) is 5.46. The molecule has 2 rings (SSSR count). The Balaban J connectivity index is 1.86. The second-order valence-corrected chi connectivity index (χ2v) is 5.46. The minimum atomic E-state index is -0.278. The number of carbonyl (C=O) groups is 2. The monoisotopic (exact) mass is 309 g/mol. The van der Waals surface area contributed by atoms with Crippen molar-refractivity contribution in [3.8, 4) is 0 Å². The quantitative estimate of drug-likeness (QED) is 0.721. The summed E-state index contributed by atoms with van der Waals surface area (Å²) in [6, 6.07) is 0. The van der Waals surface area contributed by atoms with Gasteiger partial charge in [0.1, 0.15) is 0 Å². The summed E-state index contributed by atoms with van der Waals surface area (Å²) in [6.07, 6.45) is 2.96. The van der Waals surface area contributed by atoms with Crippen LogP contribution in [-0.2, 0) is 27.5 Å². The summed E-state index contributed by atoms with van der Waals surface area (Å²) in [4.78, 5) is 25.7. The number of hydrogen-bond donors (Lipinski definition) is 0. The zero-order chi connectivity index (χ0) is 15.9. The van der Waals surface area contributed by atoms with Crippen LogP contribution in [0.3, 0.4) is 0 Å². The third-order valence-corrected chi connectivity index (χ3v) is 3.79. The molecule has 1 fully saturated rings. The summed E-state index contributed by atoms with van der Waals surface area (Å²) in [5.74, 6) is 0.108. The average Bonchev–Trinajstić information content (AvgIpc) is 2.99. The lowest BCUT2D eigenvalue weighted by molar-refractivity contribution is -0.153. The number of aryl methyl sites for hydroxylation is 1. The summed E-state index contributed by atoms with van der Waals surface area (Å²) < 4.78 is 6.97. The van der Waals surface area contributed by atoms with Crippen LogP contribution in [0.15, 0.2) is 0 Å². The minimum Gasteiger partial charge on any atom is -0.457 e. The number of esters is 1. The van der Waals surface area contributed by atoms with E-state index in [9.17, 15) is 9.59 Å². The number of aromatic nitrogens is 4. The molecule has 0 saturated carbocycles. The van der Waals surface area contributed by atoms with Gasteiger partial charge in [0.05, 0.1) is 5.92 Å². The highest BCUT2D eigenvalue weighted by molar-refractivity contribution is 5.78. The Morgan fingerprint density at radius 3 is 2.91 bits per heavy atom. The summed E-state index contributed by atoms with van der Waals surface area (Å²) in [7, 11) is 0. The van der Waals surface area contributed by atoms with Crippen molar-refractivity contribution in [3.63, 3.8) is 0 Å². The number of ether oxygens (including phenoxy) is 1. The molecule has 122 valence electrons. The lowest BCUT2D eigenvalue weighted by atomic mass is 9.98. The number of nitrogens with zero attached hydrogens (tertiary/aromatic N) is 5. The molecule has 1 aromatic rings. The van der Waals surface area contributed by atoms with Crippen LogP contribution in [0.4, 0.5) is 0 Å². The highest BCUT2D eigenvalue weighted by Gasteiger charge is 2.29. The topological polar surface area (TPSA) is 90.2 Å². The molecule has 1 saturated heterocycles. The maximum absolute atomic E-state index is 12.2. The van der Waals surface area contributed by atoms with Crippen molar-refractivity contribution in [2.24, 2.45) is 5.92 Å². The van der Waals surface area contributed by atoms with Crippen LogP contribution in [0.25, 0.3) is 0 Å². The average molecular weight is 309 g/mol. The fourth-order valence-electron chi connectivity index (χ4n) is 2.59. The second kappa shape index (κ2) is 7.86. The number of piperidine rings is 1. The van der Waals surface area contributed by atoms with Crippen LogP contribution in [-0.4, -0.2) is 50.1 Å². The molecule has 2 heterocycles. The fraction of sp³-hybridized carbons (Fsp3) is 0.786. The highest BCUT2D eigenvalue weighted by Crippen LogP contribution is 2.19. The summed E-state index contributed by atoms with van der Waals surface area (Å²) in [5.41, 5.74) is 0. The predicted octanol–water partition coefficient (Wildman–Crippen LogP) is 0.775. The largest absolute Gasteiger partial charge is 0.457 e. The van der Waals surface area contributed by atoms with Crippen LogP contribution >= 0.6 is 0 Å². The molecule has 0 N–H and O–H groups in total. The Kier molecular flexibility index (Phi) is 5.85. The van der Waals surface area contributed by atoms with E-state index in [-0.39, 0.29) is 24.4 Å². The number of hydrogen-bond acceptors (Lipinski definition) is 6. The van der Waals surface area contributed by atoms with Gasteiger partial charge in [-0.3, -0.25) is 9.59 Å². The maximum atomic E-state index is 12.2. The Morgan fingerprint density at radius 1 is 1.36 bits per heavy atom. The number of likely N-dealkylation sites (tertiary alicyclic amines) is 1. The summed E-state index contributed by atoms with van der Waals surface area (Å²) in [6.45, 7) is 5.80. The van der Waals surface area contributed by atoms with Gasteiger partial charge < -0.3 is 9.64 Å². The standard InChI is InChI=1S/C14H23N5O3/c1-3-7-19-12(15-16-17-19)10-22-14(21)11-6-5-8-18(9-11)13(20)4-2/h11H,3-10H2,1-2H3. The lowest BCUT2D eigenvalue weighted by Crippen LogP contribution is -2.42. The van der Waals surface area contributed by atoms with Gasteiger partial charge in [-0.25, -0.2) is 4.68 Å². The molecule has 8 heteroatoms. The normalized spacial score (nSPS) is 18.3. The van der Waals surface area contributed by atoms with Crippen molar-refractivity contribution in [1.82, 2.24) is 25.1 Å². The van der Waals surface area contributed by atoms with Gasteiger partial charge in [0.2, 0.25) is 5.91 Å². The molecule has 22 heavy (non-hydrogen) atoms. The Labute approximate surface area is 129 Å². The molecule has 1 aliphatic rings. The van der Waals surface area contributed by atoms with E-state index in [1.54, 1.807) is 9.58 Å². The molecule has 0 aromatic carbocycles. The summed E-state index contributed by atoms with van der Waals surface area (Å²) in [5, 5.41) is 11.3. The van der Waals surface area contributed by atoms with Gasteiger partial charge >= 0.3 is 5.97 Å². The van der Waals surface area contributed by atoms with Gasteiger partial charge in [-0.15, -0.1) is 5.10 Å². The van der Waals surface area contributed by atoms with Crippen molar-refractivity contribution in [3.05, 3.63) is 5.82 Å². The molecule has 0 radical (unpaired) electrons. The van der Waals surface area contributed by atoms with E-state index in [4.69, 9.17) is 4.74 Å². The van der Waals surface area contributed by atoms with E-state index < -0.39 is 0 Å². The predicted molar refractivity (Wildman–Crippen MR) is 77.5 cm³/mol. The van der Waals surface area contributed by atoms with Gasteiger partial charge in [0, 0.05) is 26.1 Å². The zero-order valence-electron chi connectivity index (χ0n) is 13.2. The molecule has 0 spiro atoms. The molecule has 0 aliphatic carbocycles. The van der Waals surface area contributed by atoms with Crippen LogP contribution in [0, 0.1) is 5.92 Å². The lowest BCUT2D eigenvalue weighted by Gasteiger charge is -2.31. The molecule has 0 bridgehead atoms. The van der Waals surface area contributed by atoms with Crippen LogP contribution < -0.4 is 0 Å². The third-order valence-electron chi connectivity index (χ3n) is 3.79. The Bertz CT molecular complexity index is 516. The first-order valence-electron chi connectivity index (χ1n) is 7.85. The molecule has 1 atom stereocenters. The first kappa shape index (κ1) is 16.4. The Hall–Kier alpha value is -1.99.